The van der Waals surface area contributed by atoms with Gasteiger partial charge >= 0.3 is 6.18 Å². The summed E-state index contributed by atoms with van der Waals surface area (Å²) in [6.07, 6.45) is -6.03. The van der Waals surface area contributed by atoms with Gasteiger partial charge < -0.3 is 15.3 Å². The number of aryl methyl sites for hydroxylation is 1. The van der Waals surface area contributed by atoms with Crippen LogP contribution in [0.4, 0.5) is 19.0 Å². The van der Waals surface area contributed by atoms with Crippen molar-refractivity contribution in [2.45, 2.75) is 32.0 Å². The molecule has 5 nitrogen and oxygen atoms in total. The fourth-order valence-corrected chi connectivity index (χ4v) is 2.57. The maximum Gasteiger partial charge on any atom is 0.415 e. The molecule has 1 atom stereocenters. The molecule has 0 bridgehead atoms. The fraction of sp³-hybridized carbons (Fsp3) is 0.600. The van der Waals surface area contributed by atoms with E-state index in [0.29, 0.717) is 31.7 Å². The number of piperidine rings is 1. The monoisotopic (exact) mass is 331 g/mol. The summed E-state index contributed by atoms with van der Waals surface area (Å²) >= 11 is 0. The molecule has 1 saturated heterocycles. The first kappa shape index (κ1) is 17.7. The zero-order valence-electron chi connectivity index (χ0n) is 12.8. The number of carbonyl (C=O) groups is 1. The second-order valence-electron chi connectivity index (χ2n) is 5.79. The summed E-state index contributed by atoms with van der Waals surface area (Å²) in [5.41, 5.74) is 0.791. The second-order valence-corrected chi connectivity index (χ2v) is 5.79. The molecule has 1 aromatic heterocycles. The molecular weight excluding hydrogens is 311 g/mol. The number of pyridine rings is 1. The number of nitrogens with one attached hydrogen (secondary N) is 1. The lowest BCUT2D eigenvalue weighted by Gasteiger charge is -2.32. The number of rotatable bonds is 4. The first-order valence-corrected chi connectivity index (χ1v) is 7.47. The minimum absolute atomic E-state index is 0.167. The van der Waals surface area contributed by atoms with E-state index < -0.39 is 18.8 Å². The topological polar surface area (TPSA) is 65.5 Å². The fourth-order valence-electron chi connectivity index (χ4n) is 2.57. The Morgan fingerprint density at radius 1 is 1.43 bits per heavy atom. The Morgan fingerprint density at radius 2 is 2.09 bits per heavy atom. The predicted octanol–water partition coefficient (Wildman–Crippen LogP) is 1.96. The van der Waals surface area contributed by atoms with Crippen LogP contribution >= 0.6 is 0 Å². The number of aliphatic hydroxyl groups excluding tert-OH is 1. The van der Waals surface area contributed by atoms with Gasteiger partial charge in [0, 0.05) is 18.2 Å². The summed E-state index contributed by atoms with van der Waals surface area (Å²) in [4.78, 5) is 17.9. The van der Waals surface area contributed by atoms with E-state index in [1.54, 1.807) is 12.1 Å². The predicted molar refractivity (Wildman–Crippen MR) is 78.8 cm³/mol. The number of anilines is 1. The van der Waals surface area contributed by atoms with Gasteiger partial charge in [-0.15, -0.1) is 0 Å². The van der Waals surface area contributed by atoms with E-state index in [4.69, 9.17) is 5.11 Å². The Morgan fingerprint density at radius 3 is 2.65 bits per heavy atom. The van der Waals surface area contributed by atoms with Crippen LogP contribution in [0, 0.1) is 12.8 Å². The summed E-state index contributed by atoms with van der Waals surface area (Å²) in [6.45, 7) is 2.08. The molecule has 1 fully saturated rings. The molecule has 1 aromatic rings. The number of nitrogens with zero attached hydrogens (tertiary/aromatic N) is 2. The molecule has 8 heteroatoms. The van der Waals surface area contributed by atoms with E-state index in [-0.39, 0.29) is 11.8 Å². The highest BCUT2D eigenvalue weighted by Gasteiger charge is 2.39. The molecule has 1 aliphatic heterocycles. The maximum atomic E-state index is 12.3. The number of hydrogen-bond donors (Lipinski definition) is 2. The van der Waals surface area contributed by atoms with Gasteiger partial charge in [-0.25, -0.2) is 4.98 Å². The lowest BCUT2D eigenvalue weighted by Crippen LogP contribution is -2.45. The Balaban J connectivity index is 1.81. The van der Waals surface area contributed by atoms with Crippen LogP contribution in [0.1, 0.15) is 18.5 Å². The van der Waals surface area contributed by atoms with E-state index in [1.807, 2.05) is 13.0 Å². The molecule has 23 heavy (non-hydrogen) atoms. The molecule has 0 aliphatic carbocycles. The van der Waals surface area contributed by atoms with Gasteiger partial charge in [0.1, 0.15) is 5.82 Å². The average molecular weight is 331 g/mol. The van der Waals surface area contributed by atoms with E-state index in [1.165, 1.54) is 4.90 Å². The van der Waals surface area contributed by atoms with E-state index in [9.17, 15) is 18.0 Å². The highest BCUT2D eigenvalue weighted by molar-refractivity contribution is 5.91. The standard InChI is InChI=1S/C15H20F3N3O2/c1-10-3-2-4-13(19-10)20-14(23)11-5-7-21(8-6-11)9-12(22)15(16,17)18/h2-4,11-12,22H,5-9H2,1H3,(H,19,20,23)/t12-/m1/s1. The lowest BCUT2D eigenvalue weighted by atomic mass is 9.95. The lowest BCUT2D eigenvalue weighted by molar-refractivity contribution is -0.208. The SMILES string of the molecule is Cc1cccc(NC(=O)C2CCN(C[C@@H](O)C(F)(F)F)CC2)n1. The van der Waals surface area contributed by atoms with Crippen LogP contribution in [0.25, 0.3) is 0 Å². The number of halogens is 3. The van der Waals surface area contributed by atoms with Crippen LogP contribution in [-0.2, 0) is 4.79 Å². The summed E-state index contributed by atoms with van der Waals surface area (Å²) in [7, 11) is 0. The first-order chi connectivity index (χ1) is 10.8. The summed E-state index contributed by atoms with van der Waals surface area (Å²) < 4.78 is 37.0. The number of amides is 1. The van der Waals surface area contributed by atoms with Gasteiger partial charge in [-0.2, -0.15) is 13.2 Å². The van der Waals surface area contributed by atoms with Gasteiger partial charge in [-0.1, -0.05) is 6.07 Å². The number of aliphatic hydroxyl groups is 1. The molecular formula is C15H20F3N3O2. The number of alkyl halides is 3. The minimum Gasteiger partial charge on any atom is -0.382 e. The summed E-state index contributed by atoms with van der Waals surface area (Å²) in [5.74, 6) is 0.0561. The molecule has 2 N–H and O–H groups in total. The number of aromatic nitrogens is 1. The molecule has 2 heterocycles. The molecule has 128 valence electrons. The van der Waals surface area contributed by atoms with Crippen molar-refractivity contribution < 1.29 is 23.1 Å². The smallest absolute Gasteiger partial charge is 0.382 e. The van der Waals surface area contributed by atoms with Crippen LogP contribution in [0.15, 0.2) is 18.2 Å². The third kappa shape index (κ3) is 5.18. The largest absolute Gasteiger partial charge is 0.415 e. The third-order valence-electron chi connectivity index (χ3n) is 3.91. The quantitative estimate of drug-likeness (QED) is 0.885. The van der Waals surface area contributed by atoms with Gasteiger partial charge in [0.15, 0.2) is 6.10 Å². The maximum absolute atomic E-state index is 12.3. The van der Waals surface area contributed by atoms with Crippen molar-refractivity contribution >= 4 is 11.7 Å². The van der Waals surface area contributed by atoms with Crippen molar-refractivity contribution in [3.63, 3.8) is 0 Å². The van der Waals surface area contributed by atoms with Gasteiger partial charge in [-0.3, -0.25) is 4.79 Å². The van der Waals surface area contributed by atoms with Crippen LogP contribution in [0.5, 0.6) is 0 Å². The average Bonchev–Trinajstić information content (AvgIpc) is 2.47. The molecule has 0 radical (unpaired) electrons. The number of β-amino-alcohol motifs (C(OH)–C–C–N with tert-alkyl or cyclic N) is 1. The summed E-state index contributed by atoms with van der Waals surface area (Å²) in [6, 6.07) is 5.30. The summed E-state index contributed by atoms with van der Waals surface area (Å²) in [5, 5.41) is 11.8. The van der Waals surface area contributed by atoms with Gasteiger partial charge in [0.2, 0.25) is 5.91 Å². The Kier molecular flexibility index (Phi) is 5.59. The van der Waals surface area contributed by atoms with Gasteiger partial charge in [0.25, 0.3) is 0 Å². The highest BCUT2D eigenvalue weighted by atomic mass is 19.4. The molecule has 1 amide bonds. The Hall–Kier alpha value is -1.67. The molecule has 1 aliphatic rings. The van der Waals surface area contributed by atoms with Crippen molar-refractivity contribution in [1.29, 1.82) is 0 Å². The van der Waals surface area contributed by atoms with E-state index in [0.717, 1.165) is 5.69 Å². The van der Waals surface area contributed by atoms with Crippen LogP contribution in [0.3, 0.4) is 0 Å². The Bertz CT molecular complexity index is 543. The number of carbonyl (C=O) groups excluding carboxylic acids is 1. The van der Waals surface area contributed by atoms with Crippen molar-refractivity contribution in [2.24, 2.45) is 5.92 Å². The molecule has 2 rings (SSSR count). The van der Waals surface area contributed by atoms with Gasteiger partial charge in [-0.05, 0) is 45.0 Å². The second kappa shape index (κ2) is 7.27. The van der Waals surface area contributed by atoms with E-state index >= 15 is 0 Å². The zero-order chi connectivity index (χ0) is 17.0. The van der Waals surface area contributed by atoms with Crippen molar-refractivity contribution in [3.8, 4) is 0 Å². The van der Waals surface area contributed by atoms with Crippen molar-refractivity contribution in [3.05, 3.63) is 23.9 Å². The molecule has 0 aromatic carbocycles. The van der Waals surface area contributed by atoms with Crippen LogP contribution in [0.2, 0.25) is 0 Å². The highest BCUT2D eigenvalue weighted by Crippen LogP contribution is 2.24. The minimum atomic E-state index is -4.61. The molecule has 0 saturated carbocycles. The number of hydrogen-bond acceptors (Lipinski definition) is 4. The normalized spacial score (nSPS) is 18.7. The van der Waals surface area contributed by atoms with Crippen molar-refractivity contribution in [1.82, 2.24) is 9.88 Å². The molecule has 0 spiro atoms. The van der Waals surface area contributed by atoms with Gasteiger partial charge in [0.05, 0.1) is 0 Å². The third-order valence-corrected chi connectivity index (χ3v) is 3.91. The Labute approximate surface area is 132 Å². The number of likely N-dealkylation sites (tertiary alicyclic amines) is 1. The molecule has 0 unspecified atom stereocenters. The zero-order valence-corrected chi connectivity index (χ0v) is 12.8. The first-order valence-electron chi connectivity index (χ1n) is 7.47. The van der Waals surface area contributed by atoms with Crippen molar-refractivity contribution in [2.75, 3.05) is 25.0 Å². The van der Waals surface area contributed by atoms with Crippen LogP contribution < -0.4 is 5.32 Å². The van der Waals surface area contributed by atoms with E-state index in [2.05, 4.69) is 10.3 Å². The van der Waals surface area contributed by atoms with Crippen LogP contribution in [-0.4, -0.2) is 52.8 Å².